The van der Waals surface area contributed by atoms with Gasteiger partial charge in [0, 0.05) is 10.7 Å². The van der Waals surface area contributed by atoms with E-state index in [1.807, 2.05) is 30.3 Å². The SMILES string of the molecule is CC1(C)C=C2c3c(nc(=O)n(-c4ccc(Cl)cc4)c3C1)NC(=O)N2c1ccccc1. The Labute approximate surface area is 178 Å². The summed E-state index contributed by atoms with van der Waals surface area (Å²) in [6.07, 6.45) is 2.71. The number of halogens is 1. The molecule has 2 aliphatic rings. The standard InChI is InChI=1S/C23H19ClN4O2/c1-23(2)12-17-19-18(13-23)28(16-10-8-14(24)9-11-16)22(30)26-20(19)25-21(29)27(17)15-6-4-3-5-7-15/h3-12H,13H2,1-2H3,(H,25,26,29,30). The molecule has 5 rings (SSSR count). The first-order valence-electron chi connectivity index (χ1n) is 9.65. The highest BCUT2D eigenvalue weighted by Gasteiger charge is 2.39. The van der Waals surface area contributed by atoms with Crippen LogP contribution >= 0.6 is 11.6 Å². The molecule has 1 N–H and O–H groups in total. The van der Waals surface area contributed by atoms with Crippen molar-refractivity contribution in [3.05, 3.63) is 87.4 Å². The summed E-state index contributed by atoms with van der Waals surface area (Å²) in [6, 6.07) is 16.2. The van der Waals surface area contributed by atoms with Crippen molar-refractivity contribution in [2.24, 2.45) is 5.41 Å². The van der Waals surface area contributed by atoms with Gasteiger partial charge in [0.2, 0.25) is 0 Å². The fourth-order valence-corrected chi connectivity index (χ4v) is 4.28. The van der Waals surface area contributed by atoms with Gasteiger partial charge < -0.3 is 0 Å². The van der Waals surface area contributed by atoms with Gasteiger partial charge in [0.1, 0.15) is 0 Å². The van der Waals surface area contributed by atoms with Crippen molar-refractivity contribution < 1.29 is 4.79 Å². The largest absolute Gasteiger partial charge is 0.354 e. The number of carbonyl (C=O) groups is 1. The van der Waals surface area contributed by atoms with E-state index in [1.54, 1.807) is 33.7 Å². The van der Waals surface area contributed by atoms with Crippen LogP contribution in [0.25, 0.3) is 11.4 Å². The van der Waals surface area contributed by atoms with Crippen LogP contribution in [0.5, 0.6) is 0 Å². The van der Waals surface area contributed by atoms with E-state index in [9.17, 15) is 9.59 Å². The van der Waals surface area contributed by atoms with Crippen molar-refractivity contribution in [3.8, 4) is 5.69 Å². The molecule has 150 valence electrons. The first-order valence-corrected chi connectivity index (χ1v) is 10.0. The first-order chi connectivity index (χ1) is 14.3. The van der Waals surface area contributed by atoms with Crippen LogP contribution < -0.4 is 15.9 Å². The highest BCUT2D eigenvalue weighted by atomic mass is 35.5. The Kier molecular flexibility index (Phi) is 4.08. The lowest BCUT2D eigenvalue weighted by molar-refractivity contribution is 0.258. The van der Waals surface area contributed by atoms with Gasteiger partial charge >= 0.3 is 11.7 Å². The molecule has 0 fully saturated rings. The van der Waals surface area contributed by atoms with E-state index < -0.39 is 5.69 Å². The second-order valence-corrected chi connectivity index (χ2v) is 8.61. The third-order valence-electron chi connectivity index (χ3n) is 5.37. The lowest BCUT2D eigenvalue weighted by atomic mass is 9.79. The predicted octanol–water partition coefficient (Wildman–Crippen LogP) is 4.86. The molecule has 0 unspecified atom stereocenters. The quantitative estimate of drug-likeness (QED) is 0.646. The van der Waals surface area contributed by atoms with Crippen LogP contribution in [0.3, 0.4) is 0 Å². The molecule has 0 atom stereocenters. The predicted molar refractivity (Wildman–Crippen MR) is 118 cm³/mol. The van der Waals surface area contributed by atoms with Gasteiger partial charge in [-0.15, -0.1) is 0 Å². The molecule has 1 aliphatic heterocycles. The van der Waals surface area contributed by atoms with Crippen LogP contribution in [0.2, 0.25) is 5.02 Å². The van der Waals surface area contributed by atoms with Gasteiger partial charge in [0.25, 0.3) is 0 Å². The highest BCUT2D eigenvalue weighted by molar-refractivity contribution is 6.30. The van der Waals surface area contributed by atoms with Crippen LogP contribution in [0.15, 0.2) is 65.5 Å². The minimum atomic E-state index is -0.434. The minimum Gasteiger partial charge on any atom is -0.291 e. The van der Waals surface area contributed by atoms with Gasteiger partial charge in [-0.2, -0.15) is 4.98 Å². The van der Waals surface area contributed by atoms with Crippen molar-refractivity contribution in [1.82, 2.24) is 9.55 Å². The number of rotatable bonds is 2. The Balaban J connectivity index is 1.80. The molecular formula is C23H19ClN4O2. The van der Waals surface area contributed by atoms with Crippen molar-refractivity contribution in [2.75, 3.05) is 10.2 Å². The number of para-hydroxylation sites is 1. The number of amides is 2. The fraction of sp³-hybridized carbons (Fsp3) is 0.174. The lowest BCUT2D eigenvalue weighted by Gasteiger charge is -2.39. The van der Waals surface area contributed by atoms with Crippen molar-refractivity contribution in [3.63, 3.8) is 0 Å². The van der Waals surface area contributed by atoms with Gasteiger partial charge in [-0.3, -0.25) is 14.8 Å². The second-order valence-electron chi connectivity index (χ2n) is 8.17. The normalized spacial score (nSPS) is 16.6. The van der Waals surface area contributed by atoms with Gasteiger partial charge in [0.05, 0.1) is 22.6 Å². The van der Waals surface area contributed by atoms with Crippen molar-refractivity contribution >= 4 is 34.8 Å². The van der Waals surface area contributed by atoms with E-state index in [-0.39, 0.29) is 11.4 Å². The van der Waals surface area contributed by atoms with Crippen LogP contribution in [0.4, 0.5) is 16.3 Å². The molecule has 2 amide bonds. The van der Waals surface area contributed by atoms with Crippen LogP contribution in [-0.2, 0) is 6.42 Å². The number of nitrogens with zero attached hydrogens (tertiary/aromatic N) is 3. The maximum Gasteiger partial charge on any atom is 0.354 e. The molecule has 6 nitrogen and oxygen atoms in total. The molecule has 0 radical (unpaired) electrons. The number of allylic oxidation sites excluding steroid dienone is 1. The zero-order valence-corrected chi connectivity index (χ0v) is 17.3. The highest BCUT2D eigenvalue weighted by Crippen LogP contribution is 2.44. The monoisotopic (exact) mass is 418 g/mol. The topological polar surface area (TPSA) is 67.2 Å². The summed E-state index contributed by atoms with van der Waals surface area (Å²) in [5, 5.41) is 3.40. The number of anilines is 2. The average Bonchev–Trinajstić information content (AvgIpc) is 2.68. The molecule has 2 aromatic carbocycles. The molecule has 7 heteroatoms. The molecular weight excluding hydrogens is 400 g/mol. The number of urea groups is 1. The Morgan fingerprint density at radius 3 is 2.40 bits per heavy atom. The molecule has 0 spiro atoms. The number of nitrogens with one attached hydrogen (secondary N) is 1. The van der Waals surface area contributed by atoms with Crippen LogP contribution in [0.1, 0.15) is 25.1 Å². The van der Waals surface area contributed by atoms with E-state index in [0.717, 1.165) is 22.6 Å². The summed E-state index contributed by atoms with van der Waals surface area (Å²) in [5.41, 5.74) is 3.06. The molecule has 30 heavy (non-hydrogen) atoms. The maximum atomic E-state index is 13.0. The van der Waals surface area contributed by atoms with E-state index in [0.29, 0.717) is 22.9 Å². The molecule has 3 aromatic rings. The number of hydrogen-bond donors (Lipinski definition) is 1. The van der Waals surface area contributed by atoms with Gasteiger partial charge in [-0.05, 0) is 48.2 Å². The fourth-order valence-electron chi connectivity index (χ4n) is 4.15. The summed E-state index contributed by atoms with van der Waals surface area (Å²) in [7, 11) is 0. The Morgan fingerprint density at radius 2 is 1.70 bits per heavy atom. The minimum absolute atomic E-state index is 0.272. The Morgan fingerprint density at radius 1 is 1.00 bits per heavy atom. The summed E-state index contributed by atoms with van der Waals surface area (Å²) in [6.45, 7) is 4.19. The third kappa shape index (κ3) is 2.92. The van der Waals surface area contributed by atoms with E-state index in [2.05, 4.69) is 30.2 Å². The molecule has 1 aromatic heterocycles. The van der Waals surface area contributed by atoms with Crippen molar-refractivity contribution in [1.29, 1.82) is 0 Å². The Bertz CT molecular complexity index is 1260. The third-order valence-corrected chi connectivity index (χ3v) is 5.62. The van der Waals surface area contributed by atoms with Gasteiger partial charge in [0.15, 0.2) is 5.82 Å². The van der Waals surface area contributed by atoms with E-state index >= 15 is 0 Å². The molecule has 2 heterocycles. The Hall–Kier alpha value is -3.38. The van der Waals surface area contributed by atoms with E-state index in [1.165, 1.54) is 0 Å². The zero-order valence-electron chi connectivity index (χ0n) is 16.5. The summed E-state index contributed by atoms with van der Waals surface area (Å²) in [4.78, 5) is 31.8. The molecule has 1 aliphatic carbocycles. The molecule has 0 saturated heterocycles. The van der Waals surface area contributed by atoms with Crippen molar-refractivity contribution in [2.45, 2.75) is 20.3 Å². The summed E-state index contributed by atoms with van der Waals surface area (Å²) >= 11 is 6.04. The molecule has 0 bridgehead atoms. The van der Waals surface area contributed by atoms with Crippen LogP contribution in [0, 0.1) is 5.41 Å². The number of hydrogen-bond acceptors (Lipinski definition) is 3. The van der Waals surface area contributed by atoms with E-state index in [4.69, 9.17) is 11.6 Å². The zero-order chi connectivity index (χ0) is 21.0. The number of carbonyl (C=O) groups excluding carboxylic acids is 1. The average molecular weight is 419 g/mol. The summed E-state index contributed by atoms with van der Waals surface area (Å²) in [5.74, 6) is 0.305. The lowest BCUT2D eigenvalue weighted by Crippen LogP contribution is -2.44. The number of benzene rings is 2. The summed E-state index contributed by atoms with van der Waals surface area (Å²) < 4.78 is 1.62. The van der Waals surface area contributed by atoms with Gasteiger partial charge in [-0.25, -0.2) is 9.59 Å². The van der Waals surface area contributed by atoms with Crippen LogP contribution in [-0.4, -0.2) is 15.6 Å². The first kappa shape index (κ1) is 18.6. The maximum absolute atomic E-state index is 13.0. The number of aromatic nitrogens is 2. The molecule has 0 saturated carbocycles. The smallest absolute Gasteiger partial charge is 0.291 e. The van der Waals surface area contributed by atoms with Gasteiger partial charge in [-0.1, -0.05) is 49.7 Å². The second kappa shape index (κ2) is 6.57.